The van der Waals surface area contributed by atoms with E-state index in [2.05, 4.69) is 26.0 Å². The van der Waals surface area contributed by atoms with Crippen molar-refractivity contribution in [2.75, 3.05) is 7.11 Å². The zero-order valence-electron chi connectivity index (χ0n) is 17.6. The molecule has 156 valence electrons. The largest absolute Gasteiger partial charge is 0.469 e. The predicted molar refractivity (Wildman–Crippen MR) is 106 cm³/mol. The highest BCUT2D eigenvalue weighted by Crippen LogP contribution is 2.68. The number of carbonyl (C=O) groups is 3. The van der Waals surface area contributed by atoms with Crippen molar-refractivity contribution in [3.63, 3.8) is 0 Å². The van der Waals surface area contributed by atoms with Gasteiger partial charge in [-0.15, -0.1) is 0 Å². The normalized spacial score (nSPS) is 45.7. The van der Waals surface area contributed by atoms with E-state index in [0.29, 0.717) is 19.3 Å². The summed E-state index contributed by atoms with van der Waals surface area (Å²) in [5.41, 5.74) is 1.71. The molecule has 2 saturated carbocycles. The highest BCUT2D eigenvalue weighted by Gasteiger charge is 2.66. The van der Waals surface area contributed by atoms with Crippen LogP contribution in [0.25, 0.3) is 0 Å². The molecule has 0 bridgehead atoms. The van der Waals surface area contributed by atoms with Crippen molar-refractivity contribution in [1.82, 2.24) is 0 Å². The van der Waals surface area contributed by atoms with Crippen molar-refractivity contribution in [3.05, 3.63) is 23.3 Å². The van der Waals surface area contributed by atoms with Crippen molar-refractivity contribution in [3.8, 4) is 0 Å². The minimum atomic E-state index is -0.398. The van der Waals surface area contributed by atoms with Crippen LogP contribution in [0.1, 0.15) is 65.2 Å². The first kappa shape index (κ1) is 19.1. The van der Waals surface area contributed by atoms with Crippen LogP contribution in [0.5, 0.6) is 0 Å². The lowest BCUT2D eigenvalue weighted by Gasteiger charge is -2.55. The van der Waals surface area contributed by atoms with E-state index in [4.69, 9.17) is 9.47 Å². The lowest BCUT2D eigenvalue weighted by Crippen LogP contribution is -2.53. The van der Waals surface area contributed by atoms with Crippen molar-refractivity contribution < 1.29 is 23.9 Å². The van der Waals surface area contributed by atoms with E-state index >= 15 is 0 Å². The summed E-state index contributed by atoms with van der Waals surface area (Å²) < 4.78 is 11.2. The second-order valence-corrected chi connectivity index (χ2v) is 10.2. The molecule has 1 spiro atoms. The molecule has 1 heterocycles. The fourth-order valence-corrected chi connectivity index (χ4v) is 7.45. The number of rotatable bonds is 1. The lowest BCUT2D eigenvalue weighted by molar-refractivity contribution is -0.162. The zero-order chi connectivity index (χ0) is 20.6. The number of Topliss-reactive ketones (excluding diaryl/α,β-unsaturated/α-hetero) is 1. The van der Waals surface area contributed by atoms with Gasteiger partial charge in [0.05, 0.1) is 13.0 Å². The molecule has 5 rings (SSSR count). The van der Waals surface area contributed by atoms with Crippen LogP contribution in [0.15, 0.2) is 23.3 Å². The molecular formula is C24H30O5. The second-order valence-electron chi connectivity index (χ2n) is 10.2. The predicted octanol–water partition coefficient (Wildman–Crippen LogP) is 3.91. The maximum Gasteiger partial charge on any atom is 0.313 e. The number of ketones is 1. The molecule has 5 heteroatoms. The van der Waals surface area contributed by atoms with Crippen molar-refractivity contribution in [2.24, 2.45) is 28.6 Å². The van der Waals surface area contributed by atoms with E-state index in [0.717, 1.165) is 37.7 Å². The van der Waals surface area contributed by atoms with Crippen LogP contribution in [0.4, 0.5) is 0 Å². The Kier molecular flexibility index (Phi) is 3.98. The first-order valence-corrected chi connectivity index (χ1v) is 11.0. The van der Waals surface area contributed by atoms with Gasteiger partial charge in [0.15, 0.2) is 0 Å². The number of hydrogen-bond donors (Lipinski definition) is 0. The monoisotopic (exact) mass is 398 g/mol. The molecule has 1 saturated heterocycles. The Hall–Kier alpha value is -1.91. The molecule has 4 unspecified atom stereocenters. The average Bonchev–Trinajstić information content (AvgIpc) is 3.22. The number of methoxy groups -OCH3 is 1. The molecule has 0 N–H and O–H groups in total. The smallest absolute Gasteiger partial charge is 0.313 e. The lowest BCUT2D eigenvalue weighted by atomic mass is 9.49. The third-order valence-electron chi connectivity index (χ3n) is 9.18. The summed E-state index contributed by atoms with van der Waals surface area (Å²) in [5, 5.41) is 0. The molecule has 3 fully saturated rings. The molecule has 0 amide bonds. The van der Waals surface area contributed by atoms with E-state index in [1.165, 1.54) is 12.7 Å². The summed E-state index contributed by atoms with van der Waals surface area (Å²) in [4.78, 5) is 37.1. The number of fused-ring (bicyclic) bond motifs is 6. The topological polar surface area (TPSA) is 69.7 Å². The number of carbonyl (C=O) groups excluding carboxylic acids is 3. The van der Waals surface area contributed by atoms with Crippen LogP contribution in [-0.2, 0) is 23.9 Å². The Morgan fingerprint density at radius 2 is 1.97 bits per heavy atom. The maximum atomic E-state index is 12.9. The number of esters is 2. The third-order valence-corrected chi connectivity index (χ3v) is 9.18. The minimum Gasteiger partial charge on any atom is -0.469 e. The summed E-state index contributed by atoms with van der Waals surface area (Å²) in [6, 6.07) is 0. The van der Waals surface area contributed by atoms with Crippen LogP contribution in [-0.4, -0.2) is 30.4 Å². The van der Waals surface area contributed by atoms with E-state index in [9.17, 15) is 14.4 Å². The van der Waals surface area contributed by atoms with Crippen LogP contribution in [0.2, 0.25) is 0 Å². The van der Waals surface area contributed by atoms with Gasteiger partial charge >= 0.3 is 11.9 Å². The summed E-state index contributed by atoms with van der Waals surface area (Å²) >= 11 is 0. The van der Waals surface area contributed by atoms with E-state index < -0.39 is 5.60 Å². The molecule has 0 aromatic carbocycles. The Morgan fingerprint density at radius 3 is 2.66 bits per heavy atom. The average molecular weight is 398 g/mol. The van der Waals surface area contributed by atoms with E-state index in [-0.39, 0.29) is 46.3 Å². The van der Waals surface area contributed by atoms with Crippen molar-refractivity contribution >= 4 is 17.7 Å². The highest BCUT2D eigenvalue weighted by atomic mass is 16.6. The van der Waals surface area contributed by atoms with Gasteiger partial charge in [-0.05, 0) is 38.0 Å². The fourth-order valence-electron chi connectivity index (χ4n) is 7.45. The summed E-state index contributed by atoms with van der Waals surface area (Å²) in [5.74, 6) is -0.0877. The molecule has 0 radical (unpaired) electrons. The Bertz CT molecular complexity index is 868. The summed E-state index contributed by atoms with van der Waals surface area (Å²) in [6.45, 7) is 4.51. The zero-order valence-corrected chi connectivity index (χ0v) is 17.6. The van der Waals surface area contributed by atoms with Crippen molar-refractivity contribution in [1.29, 1.82) is 0 Å². The molecule has 6 atom stereocenters. The third kappa shape index (κ3) is 2.36. The van der Waals surface area contributed by atoms with E-state index in [1.54, 1.807) is 0 Å². The summed E-state index contributed by atoms with van der Waals surface area (Å²) in [6.07, 6.45) is 10.2. The van der Waals surface area contributed by atoms with Gasteiger partial charge in [-0.2, -0.15) is 0 Å². The molecule has 0 aromatic heterocycles. The summed E-state index contributed by atoms with van der Waals surface area (Å²) in [7, 11) is 1.45. The van der Waals surface area contributed by atoms with Gasteiger partial charge in [-0.1, -0.05) is 37.1 Å². The van der Waals surface area contributed by atoms with Gasteiger partial charge in [0.25, 0.3) is 0 Å². The highest BCUT2D eigenvalue weighted by molar-refractivity contribution is 5.85. The first-order chi connectivity index (χ1) is 13.7. The Morgan fingerprint density at radius 1 is 1.17 bits per heavy atom. The maximum absolute atomic E-state index is 12.9. The molecule has 29 heavy (non-hydrogen) atoms. The number of hydrogen-bond acceptors (Lipinski definition) is 5. The molecular weight excluding hydrogens is 368 g/mol. The van der Waals surface area contributed by atoms with Gasteiger partial charge in [-0.3, -0.25) is 14.4 Å². The van der Waals surface area contributed by atoms with Gasteiger partial charge in [0.2, 0.25) is 0 Å². The Balaban J connectivity index is 1.63. The number of allylic oxidation sites excluding steroid dienone is 3. The van der Waals surface area contributed by atoms with Crippen LogP contribution < -0.4 is 0 Å². The molecule has 0 aromatic rings. The molecule has 1 aliphatic heterocycles. The van der Waals surface area contributed by atoms with Crippen LogP contribution in [0.3, 0.4) is 0 Å². The van der Waals surface area contributed by atoms with Crippen LogP contribution in [0, 0.1) is 28.6 Å². The quantitative estimate of drug-likeness (QED) is 0.495. The van der Waals surface area contributed by atoms with E-state index in [1.807, 2.05) is 0 Å². The second kappa shape index (κ2) is 6.05. The Labute approximate surface area is 171 Å². The van der Waals surface area contributed by atoms with Gasteiger partial charge in [-0.25, -0.2) is 0 Å². The minimum absolute atomic E-state index is 0.0572. The van der Waals surface area contributed by atoms with Gasteiger partial charge < -0.3 is 9.47 Å². The van der Waals surface area contributed by atoms with Crippen molar-refractivity contribution in [2.45, 2.75) is 70.8 Å². The molecule has 5 aliphatic rings. The van der Waals surface area contributed by atoms with Crippen LogP contribution >= 0.6 is 0 Å². The standard InChI is InChI=1S/C24H30O5/c1-22-8-4-15(25)12-14(22)13-16(21(27)28-3)20-17(22)5-9-23(2)18(20)6-10-24(23)11-7-19(26)29-24/h5,13,16,18,20H,4,6-12H2,1-3H3/t16-,18?,20?,22?,23?,24-/m1/s1. The SMILES string of the molecule is COC(=O)[C@@H]1C=C2CC(=O)CCC2(C)C2=CCC3(C)C(CC[C@@]34CCC(=O)O4)C21. The number of ether oxygens (including phenoxy) is 2. The first-order valence-electron chi connectivity index (χ1n) is 11.0. The molecule has 4 aliphatic carbocycles. The van der Waals surface area contributed by atoms with Gasteiger partial charge in [0.1, 0.15) is 11.4 Å². The van der Waals surface area contributed by atoms with Gasteiger partial charge in [0, 0.05) is 36.0 Å². The fraction of sp³-hybridized carbons (Fsp3) is 0.708. The molecule has 5 nitrogen and oxygen atoms in total.